The van der Waals surface area contributed by atoms with E-state index < -0.39 is 16.7 Å². The van der Waals surface area contributed by atoms with Crippen molar-refractivity contribution >= 4 is 28.1 Å². The summed E-state index contributed by atoms with van der Waals surface area (Å²) in [4.78, 5) is 37.4. The molecule has 1 fully saturated rings. The average molecular weight is 348 g/mol. The van der Waals surface area contributed by atoms with Crippen molar-refractivity contribution in [3.05, 3.63) is 28.3 Å². The molecule has 1 aromatic rings. The lowest BCUT2D eigenvalue weighted by Crippen LogP contribution is -2.38. The molecule has 0 amide bonds. The summed E-state index contributed by atoms with van der Waals surface area (Å²) in [6.07, 6.45) is 2.24. The average Bonchev–Trinajstić information content (AvgIpc) is 2.45. The van der Waals surface area contributed by atoms with Crippen molar-refractivity contribution in [3.63, 3.8) is 0 Å². The van der Waals surface area contributed by atoms with Crippen LogP contribution in [0.25, 0.3) is 0 Å². The Labute approximate surface area is 145 Å². The molecule has 4 nitrogen and oxygen atoms in total. The summed E-state index contributed by atoms with van der Waals surface area (Å²) in [5, 5.41) is 0. The molecule has 0 bridgehead atoms. The van der Waals surface area contributed by atoms with Gasteiger partial charge < -0.3 is 0 Å². The van der Waals surface area contributed by atoms with E-state index in [1.54, 1.807) is 13.2 Å². The van der Waals surface area contributed by atoms with Crippen molar-refractivity contribution in [2.75, 3.05) is 6.26 Å². The van der Waals surface area contributed by atoms with E-state index in [9.17, 15) is 18.6 Å². The van der Waals surface area contributed by atoms with E-state index in [1.165, 1.54) is 0 Å². The first-order chi connectivity index (χ1) is 11.2. The van der Waals surface area contributed by atoms with E-state index in [-0.39, 0.29) is 42.5 Å². The van der Waals surface area contributed by atoms with Gasteiger partial charge in [0.05, 0.1) is 10.8 Å². The van der Waals surface area contributed by atoms with Crippen LogP contribution in [0.3, 0.4) is 0 Å². The second-order valence-corrected chi connectivity index (χ2v) is 7.94. The Morgan fingerprint density at radius 2 is 1.67 bits per heavy atom. The van der Waals surface area contributed by atoms with Gasteiger partial charge in [0.25, 0.3) is 0 Å². The standard InChI is InChI=1S/C19H24O4S/c1-6-14(20)18-15(21)8-13(9-16(18)22)17-10(2)7-11(3)19(12(17)4)24(5)23/h7,13,18H,6,8-9H2,1-5H3. The van der Waals surface area contributed by atoms with Crippen LogP contribution in [0.15, 0.2) is 11.0 Å². The van der Waals surface area contributed by atoms with Crippen LogP contribution in [0.5, 0.6) is 0 Å². The van der Waals surface area contributed by atoms with E-state index in [2.05, 4.69) is 0 Å². The molecule has 0 spiro atoms. The van der Waals surface area contributed by atoms with Crippen LogP contribution in [0.2, 0.25) is 0 Å². The van der Waals surface area contributed by atoms with Crippen molar-refractivity contribution in [3.8, 4) is 0 Å². The van der Waals surface area contributed by atoms with Gasteiger partial charge in [-0.05, 0) is 48.9 Å². The van der Waals surface area contributed by atoms with Crippen molar-refractivity contribution in [1.82, 2.24) is 0 Å². The molecular formula is C19H24O4S. The van der Waals surface area contributed by atoms with E-state index >= 15 is 0 Å². The van der Waals surface area contributed by atoms with Crippen LogP contribution in [-0.4, -0.2) is 27.8 Å². The van der Waals surface area contributed by atoms with Crippen LogP contribution in [-0.2, 0) is 25.2 Å². The molecule has 2 rings (SSSR count). The Balaban J connectivity index is 2.46. The first-order valence-corrected chi connectivity index (χ1v) is 9.77. The minimum atomic E-state index is -1.13. The second-order valence-electron chi connectivity index (χ2n) is 6.62. The molecule has 1 aliphatic carbocycles. The van der Waals surface area contributed by atoms with Gasteiger partial charge in [-0.1, -0.05) is 13.0 Å². The Kier molecular flexibility index (Phi) is 5.53. The highest BCUT2D eigenvalue weighted by Gasteiger charge is 2.40. The summed E-state index contributed by atoms with van der Waals surface area (Å²) < 4.78 is 12.1. The van der Waals surface area contributed by atoms with Gasteiger partial charge in [0.1, 0.15) is 5.92 Å². The number of ketones is 3. The van der Waals surface area contributed by atoms with Crippen LogP contribution in [0.4, 0.5) is 0 Å². The zero-order valence-electron chi connectivity index (χ0n) is 14.9. The predicted octanol–water partition coefficient (Wildman–Crippen LogP) is 2.96. The number of carbonyl (C=O) groups excluding carboxylic acids is 3. The summed E-state index contributed by atoms with van der Waals surface area (Å²) >= 11 is 0. The molecule has 1 saturated carbocycles. The third-order valence-corrected chi connectivity index (χ3v) is 6.07. The van der Waals surface area contributed by atoms with Crippen LogP contribution >= 0.6 is 0 Å². The molecule has 0 aliphatic heterocycles. The van der Waals surface area contributed by atoms with E-state index in [0.717, 1.165) is 27.1 Å². The maximum atomic E-state index is 12.4. The van der Waals surface area contributed by atoms with Crippen LogP contribution in [0.1, 0.15) is 54.4 Å². The van der Waals surface area contributed by atoms with Crippen molar-refractivity contribution < 1.29 is 18.6 Å². The van der Waals surface area contributed by atoms with Gasteiger partial charge in [0, 0.05) is 30.4 Å². The lowest BCUT2D eigenvalue weighted by atomic mass is 9.73. The number of rotatable bonds is 4. The summed E-state index contributed by atoms with van der Waals surface area (Å²) in [6.45, 7) is 7.46. The SMILES string of the molecule is CCC(=O)C1C(=O)CC(c2c(C)cc(C)c(S(C)=O)c2C)CC1=O. The molecule has 0 N–H and O–H groups in total. The number of Topliss-reactive ketones (excluding diaryl/α,β-unsaturated/α-hetero) is 3. The molecule has 130 valence electrons. The highest BCUT2D eigenvalue weighted by atomic mass is 32.2. The Morgan fingerprint density at radius 1 is 1.12 bits per heavy atom. The molecule has 0 heterocycles. The topological polar surface area (TPSA) is 68.3 Å². The lowest BCUT2D eigenvalue weighted by Gasteiger charge is -2.29. The monoisotopic (exact) mass is 348 g/mol. The Morgan fingerprint density at radius 3 is 2.12 bits per heavy atom. The smallest absolute Gasteiger partial charge is 0.151 e. The molecule has 24 heavy (non-hydrogen) atoms. The molecule has 1 unspecified atom stereocenters. The van der Waals surface area contributed by atoms with Gasteiger partial charge in [-0.3, -0.25) is 18.6 Å². The fraction of sp³-hybridized carbons (Fsp3) is 0.526. The summed E-state index contributed by atoms with van der Waals surface area (Å²) in [6, 6.07) is 1.97. The van der Waals surface area contributed by atoms with Gasteiger partial charge >= 0.3 is 0 Å². The van der Waals surface area contributed by atoms with E-state index in [0.29, 0.717) is 0 Å². The van der Waals surface area contributed by atoms with E-state index in [4.69, 9.17) is 0 Å². The maximum Gasteiger partial charge on any atom is 0.151 e. The molecule has 0 saturated heterocycles. The van der Waals surface area contributed by atoms with Gasteiger partial charge in [-0.2, -0.15) is 0 Å². The van der Waals surface area contributed by atoms with E-state index in [1.807, 2.05) is 26.8 Å². The van der Waals surface area contributed by atoms with Crippen LogP contribution in [0, 0.1) is 26.7 Å². The number of aryl methyl sites for hydroxylation is 2. The van der Waals surface area contributed by atoms with Crippen molar-refractivity contribution in [2.24, 2.45) is 5.92 Å². The fourth-order valence-corrected chi connectivity index (χ4v) is 5.05. The zero-order chi connectivity index (χ0) is 18.2. The largest absolute Gasteiger partial charge is 0.298 e. The molecular weight excluding hydrogens is 324 g/mol. The fourth-order valence-electron chi connectivity index (χ4n) is 3.99. The molecule has 1 aliphatic rings. The minimum absolute atomic E-state index is 0.197. The highest BCUT2D eigenvalue weighted by molar-refractivity contribution is 7.84. The molecule has 1 atom stereocenters. The maximum absolute atomic E-state index is 12.4. The van der Waals surface area contributed by atoms with Gasteiger partial charge in [0.15, 0.2) is 17.3 Å². The van der Waals surface area contributed by atoms with Gasteiger partial charge in [-0.25, -0.2) is 0 Å². The number of hydrogen-bond acceptors (Lipinski definition) is 4. The highest BCUT2D eigenvalue weighted by Crippen LogP contribution is 2.38. The zero-order valence-corrected chi connectivity index (χ0v) is 15.7. The third-order valence-electron chi connectivity index (χ3n) is 4.87. The lowest BCUT2D eigenvalue weighted by molar-refractivity contribution is -0.142. The molecule has 0 radical (unpaired) electrons. The summed E-state index contributed by atoms with van der Waals surface area (Å²) in [7, 11) is -1.13. The summed E-state index contributed by atoms with van der Waals surface area (Å²) in [5.74, 6) is -2.13. The second kappa shape index (κ2) is 7.09. The van der Waals surface area contributed by atoms with Crippen molar-refractivity contribution in [2.45, 2.75) is 57.8 Å². The first kappa shape index (κ1) is 18.7. The third kappa shape index (κ3) is 3.27. The number of benzene rings is 1. The quantitative estimate of drug-likeness (QED) is 0.785. The number of carbonyl (C=O) groups is 3. The Hall–Kier alpha value is -1.62. The minimum Gasteiger partial charge on any atom is -0.298 e. The molecule has 1 aromatic carbocycles. The van der Waals surface area contributed by atoms with Crippen LogP contribution < -0.4 is 0 Å². The van der Waals surface area contributed by atoms with Gasteiger partial charge in [-0.15, -0.1) is 0 Å². The summed E-state index contributed by atoms with van der Waals surface area (Å²) in [5.41, 5.74) is 3.81. The Bertz CT molecular complexity index is 730. The molecule has 5 heteroatoms. The van der Waals surface area contributed by atoms with Crippen molar-refractivity contribution in [1.29, 1.82) is 0 Å². The number of hydrogen-bond donors (Lipinski definition) is 0. The van der Waals surface area contributed by atoms with Gasteiger partial charge in [0.2, 0.25) is 0 Å². The molecule has 0 aromatic heterocycles. The first-order valence-electron chi connectivity index (χ1n) is 8.21. The predicted molar refractivity (Wildman–Crippen MR) is 93.8 cm³/mol. The normalized spacial score (nSPS) is 22.5.